The Hall–Kier alpha value is -3.79. The smallest absolute Gasteiger partial charge is 0.410 e. The molecule has 10 heteroatoms. The first-order valence-corrected chi connectivity index (χ1v) is 11.3. The van der Waals surface area contributed by atoms with Gasteiger partial charge in [0.1, 0.15) is 16.9 Å². The van der Waals surface area contributed by atoms with Crippen molar-refractivity contribution in [2.75, 3.05) is 18.5 Å². The van der Waals surface area contributed by atoms with E-state index >= 15 is 0 Å². The highest BCUT2D eigenvalue weighted by Crippen LogP contribution is 2.41. The van der Waals surface area contributed by atoms with E-state index in [0.717, 1.165) is 21.0 Å². The van der Waals surface area contributed by atoms with E-state index < -0.39 is 12.1 Å². The van der Waals surface area contributed by atoms with Gasteiger partial charge < -0.3 is 29.4 Å². The van der Waals surface area contributed by atoms with E-state index in [1.54, 1.807) is 42.2 Å². The second-order valence-electron chi connectivity index (χ2n) is 7.57. The number of benzene rings is 1. The summed E-state index contributed by atoms with van der Waals surface area (Å²) in [6.45, 7) is 3.06. The zero-order valence-electron chi connectivity index (χ0n) is 17.8. The number of amides is 2. The van der Waals surface area contributed by atoms with Gasteiger partial charge in [-0.3, -0.25) is 4.79 Å². The number of fused-ring (bicyclic) bond motifs is 3. The Morgan fingerprint density at radius 2 is 2.03 bits per heavy atom. The molecule has 0 bridgehead atoms. The van der Waals surface area contributed by atoms with Crippen molar-refractivity contribution in [1.29, 1.82) is 0 Å². The van der Waals surface area contributed by atoms with E-state index in [0.29, 0.717) is 37.4 Å². The Balaban J connectivity index is 1.30. The largest absolute Gasteiger partial charge is 0.457 e. The van der Waals surface area contributed by atoms with Gasteiger partial charge in [0.15, 0.2) is 0 Å². The molecule has 2 amide bonds. The minimum absolute atomic E-state index is 0.121. The number of rotatable bonds is 4. The van der Waals surface area contributed by atoms with Crippen molar-refractivity contribution in [3.8, 4) is 5.75 Å². The Morgan fingerprint density at radius 1 is 1.21 bits per heavy atom. The lowest BCUT2D eigenvalue weighted by molar-refractivity contribution is 0.0701. The van der Waals surface area contributed by atoms with Crippen LogP contribution in [0.15, 0.2) is 47.1 Å². The minimum atomic E-state index is -0.581. The first kappa shape index (κ1) is 21.1. The lowest BCUT2D eigenvalue weighted by Crippen LogP contribution is -2.39. The maximum Gasteiger partial charge on any atom is 0.410 e. The highest BCUT2D eigenvalue weighted by atomic mass is 32.1. The highest BCUT2D eigenvalue weighted by molar-refractivity contribution is 7.16. The number of nitrogens with zero attached hydrogens (tertiary/aromatic N) is 1. The van der Waals surface area contributed by atoms with Crippen LogP contribution in [0.1, 0.15) is 50.0 Å². The predicted molar refractivity (Wildman–Crippen MR) is 119 cm³/mol. The fourth-order valence-electron chi connectivity index (χ4n) is 3.93. The van der Waals surface area contributed by atoms with E-state index in [-0.39, 0.29) is 17.8 Å². The minimum Gasteiger partial charge on any atom is -0.457 e. The molecule has 33 heavy (non-hydrogen) atoms. The molecule has 170 valence electrons. The molecular weight excluding hydrogens is 446 g/mol. The fourth-order valence-corrected chi connectivity index (χ4v) is 5.22. The first-order chi connectivity index (χ1) is 16.0. The molecule has 1 atom stereocenters. The number of anilines is 1. The summed E-state index contributed by atoms with van der Waals surface area (Å²) in [5, 5.41) is 7.16. The molecule has 2 aliphatic rings. The highest BCUT2D eigenvalue weighted by Gasteiger charge is 2.34. The maximum atomic E-state index is 12.9. The summed E-state index contributed by atoms with van der Waals surface area (Å²) in [7, 11) is 0. The third kappa shape index (κ3) is 4.05. The molecule has 0 unspecified atom stereocenters. The van der Waals surface area contributed by atoms with Gasteiger partial charge in [0.2, 0.25) is 5.76 Å². The van der Waals surface area contributed by atoms with E-state index in [4.69, 9.17) is 13.9 Å². The second-order valence-corrected chi connectivity index (χ2v) is 8.67. The zero-order chi connectivity index (χ0) is 22.9. The number of esters is 1. The van der Waals surface area contributed by atoms with Crippen LogP contribution in [0, 0.1) is 0 Å². The summed E-state index contributed by atoms with van der Waals surface area (Å²) in [4.78, 5) is 39.7. The van der Waals surface area contributed by atoms with Crippen LogP contribution in [0.25, 0.3) is 0 Å². The quantitative estimate of drug-likeness (QED) is 0.442. The Labute approximate surface area is 193 Å². The topological polar surface area (TPSA) is 110 Å². The van der Waals surface area contributed by atoms with Crippen molar-refractivity contribution < 1.29 is 28.3 Å². The molecule has 0 aliphatic carbocycles. The van der Waals surface area contributed by atoms with E-state index in [1.807, 2.05) is 0 Å². The summed E-state index contributed by atoms with van der Waals surface area (Å²) < 4.78 is 15.4. The molecule has 9 nitrogen and oxygen atoms in total. The first-order valence-electron chi connectivity index (χ1n) is 10.5. The third-order valence-electron chi connectivity index (χ3n) is 5.51. The van der Waals surface area contributed by atoms with Crippen LogP contribution < -0.4 is 15.4 Å². The molecule has 4 heterocycles. The van der Waals surface area contributed by atoms with Gasteiger partial charge in [-0.1, -0.05) is 12.1 Å². The summed E-state index contributed by atoms with van der Waals surface area (Å²) in [6.07, 6.45) is 1.25. The number of nitrogens with one attached hydrogen (secondary N) is 2. The van der Waals surface area contributed by atoms with Gasteiger partial charge in [-0.25, -0.2) is 9.59 Å². The summed E-state index contributed by atoms with van der Waals surface area (Å²) >= 11 is 1.49. The van der Waals surface area contributed by atoms with Gasteiger partial charge in [0.05, 0.1) is 25.0 Å². The molecule has 2 N–H and O–H groups in total. The number of ether oxygens (including phenoxy) is 2. The SMILES string of the molecule is CCOC(=O)N1CCc2c(sc3c2C(=O)N[C@@H](c2ccc(OC(=O)c4ccco4)cc2)N3)C1. The Bertz CT molecular complexity index is 1200. The number of hydrogen-bond donors (Lipinski definition) is 2. The fraction of sp³-hybridized carbons (Fsp3) is 0.261. The van der Waals surface area contributed by atoms with Gasteiger partial charge >= 0.3 is 12.1 Å². The van der Waals surface area contributed by atoms with Crippen molar-refractivity contribution in [1.82, 2.24) is 10.2 Å². The average Bonchev–Trinajstić information content (AvgIpc) is 3.47. The molecule has 0 saturated carbocycles. The Morgan fingerprint density at radius 3 is 2.76 bits per heavy atom. The second kappa shape index (κ2) is 8.62. The third-order valence-corrected chi connectivity index (χ3v) is 6.66. The van der Waals surface area contributed by atoms with Gasteiger partial charge in [-0.15, -0.1) is 11.3 Å². The lowest BCUT2D eigenvalue weighted by Gasteiger charge is -2.28. The molecule has 5 rings (SSSR count). The van der Waals surface area contributed by atoms with Crippen LogP contribution in [-0.2, 0) is 17.7 Å². The van der Waals surface area contributed by atoms with E-state index in [9.17, 15) is 14.4 Å². The number of carbonyl (C=O) groups excluding carboxylic acids is 3. The average molecular weight is 468 g/mol. The predicted octanol–water partition coefficient (Wildman–Crippen LogP) is 3.93. The summed E-state index contributed by atoms with van der Waals surface area (Å²) in [5.74, 6) is -0.240. The van der Waals surface area contributed by atoms with Crippen molar-refractivity contribution in [3.63, 3.8) is 0 Å². The molecule has 2 aromatic heterocycles. The van der Waals surface area contributed by atoms with Gasteiger partial charge in [0.25, 0.3) is 5.91 Å². The van der Waals surface area contributed by atoms with Crippen molar-refractivity contribution >= 4 is 34.3 Å². The van der Waals surface area contributed by atoms with Crippen LogP contribution in [0.3, 0.4) is 0 Å². The normalized spacial score (nSPS) is 16.8. The van der Waals surface area contributed by atoms with E-state index in [1.165, 1.54) is 23.7 Å². The molecular formula is C23H21N3O6S. The van der Waals surface area contributed by atoms with Crippen LogP contribution in [0.5, 0.6) is 5.75 Å². The standard InChI is InChI=1S/C23H21N3O6S/c1-2-30-23(29)26-10-9-15-17(12-26)33-21-18(15)20(27)24-19(25-21)13-5-7-14(8-6-13)32-22(28)16-4-3-11-31-16/h3-8,11,19,25H,2,9-10,12H2,1H3,(H,24,27)/t19-/m1/s1. The van der Waals surface area contributed by atoms with Gasteiger partial charge in [-0.05, 0) is 48.7 Å². The molecule has 1 aromatic carbocycles. The molecule has 3 aromatic rings. The lowest BCUT2D eigenvalue weighted by atomic mass is 10.0. The van der Waals surface area contributed by atoms with Crippen LogP contribution in [0.2, 0.25) is 0 Å². The van der Waals surface area contributed by atoms with E-state index in [2.05, 4.69) is 10.6 Å². The van der Waals surface area contributed by atoms with Crippen molar-refractivity contribution in [2.45, 2.75) is 26.1 Å². The number of furan rings is 1. The zero-order valence-corrected chi connectivity index (χ0v) is 18.6. The molecule has 0 saturated heterocycles. The van der Waals surface area contributed by atoms with Crippen LogP contribution >= 0.6 is 11.3 Å². The van der Waals surface area contributed by atoms with Crippen molar-refractivity contribution in [3.05, 3.63) is 70.0 Å². The molecule has 0 spiro atoms. The maximum absolute atomic E-state index is 12.9. The molecule has 0 fully saturated rings. The van der Waals surface area contributed by atoms with Crippen molar-refractivity contribution in [2.24, 2.45) is 0 Å². The summed E-state index contributed by atoms with van der Waals surface area (Å²) in [6, 6.07) is 10.0. The van der Waals surface area contributed by atoms with Gasteiger partial charge in [0, 0.05) is 11.4 Å². The Kier molecular flexibility index (Phi) is 5.51. The molecule has 0 radical (unpaired) electrons. The molecule has 2 aliphatic heterocycles. The van der Waals surface area contributed by atoms with Crippen LogP contribution in [0.4, 0.5) is 9.80 Å². The van der Waals surface area contributed by atoms with Crippen LogP contribution in [-0.4, -0.2) is 36.0 Å². The number of thiophene rings is 1. The summed E-state index contributed by atoms with van der Waals surface area (Å²) in [5.41, 5.74) is 2.45. The monoisotopic (exact) mass is 467 g/mol. The number of carbonyl (C=O) groups is 3. The van der Waals surface area contributed by atoms with Gasteiger partial charge in [-0.2, -0.15) is 0 Å². The number of hydrogen-bond acceptors (Lipinski definition) is 8.